The summed E-state index contributed by atoms with van der Waals surface area (Å²) in [5.74, 6) is 0.633. The predicted octanol–water partition coefficient (Wildman–Crippen LogP) is 1.62. The summed E-state index contributed by atoms with van der Waals surface area (Å²) >= 11 is 1.72. The first kappa shape index (κ1) is 18.3. The van der Waals surface area contributed by atoms with Crippen molar-refractivity contribution in [3.8, 4) is 5.75 Å². The Bertz CT molecular complexity index is 547. The second-order valence-corrected chi connectivity index (χ2v) is 7.76. The van der Waals surface area contributed by atoms with Crippen LogP contribution >= 0.6 is 11.8 Å². The molecule has 1 aromatic carbocycles. The smallest absolute Gasteiger partial charge is 0.240 e. The topological polar surface area (TPSA) is 81.4 Å². The molecule has 1 unspecified atom stereocenters. The van der Waals surface area contributed by atoms with Gasteiger partial charge in [0.2, 0.25) is 10.0 Å². The minimum Gasteiger partial charge on any atom is -0.497 e. The number of rotatable bonds is 9. The van der Waals surface area contributed by atoms with Crippen LogP contribution in [0.3, 0.4) is 0 Å². The van der Waals surface area contributed by atoms with Gasteiger partial charge in [0.25, 0.3) is 0 Å². The van der Waals surface area contributed by atoms with E-state index in [0.29, 0.717) is 36.1 Å². The number of benzene rings is 1. The maximum absolute atomic E-state index is 12.4. The van der Waals surface area contributed by atoms with Gasteiger partial charge in [-0.25, -0.2) is 13.1 Å². The Labute approximate surface area is 131 Å². The lowest BCUT2D eigenvalue weighted by atomic mass is 10.1. The van der Waals surface area contributed by atoms with E-state index in [2.05, 4.69) is 11.6 Å². The van der Waals surface area contributed by atoms with E-state index in [4.69, 9.17) is 10.5 Å². The molecule has 1 rings (SSSR count). The number of methoxy groups -OCH3 is 1. The van der Waals surface area contributed by atoms with Gasteiger partial charge in [0, 0.05) is 11.8 Å². The first-order valence-corrected chi connectivity index (χ1v) is 9.61. The summed E-state index contributed by atoms with van der Waals surface area (Å²) in [4.78, 5) is 0.283. The molecule has 0 spiro atoms. The molecule has 0 saturated heterocycles. The van der Waals surface area contributed by atoms with Crippen LogP contribution in [0.1, 0.15) is 18.9 Å². The summed E-state index contributed by atoms with van der Waals surface area (Å²) in [5.41, 5.74) is 6.25. The highest BCUT2D eigenvalue weighted by atomic mass is 32.2. The van der Waals surface area contributed by atoms with Gasteiger partial charge >= 0.3 is 0 Å². The van der Waals surface area contributed by atoms with Gasteiger partial charge in [-0.2, -0.15) is 11.8 Å². The predicted molar refractivity (Wildman–Crippen MR) is 88.5 cm³/mol. The first-order chi connectivity index (χ1) is 9.94. The third-order valence-electron chi connectivity index (χ3n) is 3.22. The fourth-order valence-electron chi connectivity index (χ4n) is 1.89. The Kier molecular flexibility index (Phi) is 7.51. The monoisotopic (exact) mass is 332 g/mol. The molecule has 0 amide bonds. The molecule has 120 valence electrons. The number of thioether (sulfide) groups is 1. The molecule has 0 saturated carbocycles. The fraction of sp³-hybridized carbons (Fsp3) is 0.571. The second-order valence-electron chi connectivity index (χ2n) is 4.75. The van der Waals surface area contributed by atoms with Crippen LogP contribution in [0.25, 0.3) is 0 Å². The molecule has 21 heavy (non-hydrogen) atoms. The zero-order chi connectivity index (χ0) is 15.9. The molecular weight excluding hydrogens is 308 g/mol. The molecule has 5 nitrogen and oxygen atoms in total. The zero-order valence-corrected chi connectivity index (χ0v) is 14.4. The number of hydrogen-bond acceptors (Lipinski definition) is 5. The third-order valence-corrected chi connectivity index (χ3v) is 5.82. The van der Waals surface area contributed by atoms with E-state index in [9.17, 15) is 8.42 Å². The van der Waals surface area contributed by atoms with Crippen molar-refractivity contribution >= 4 is 21.8 Å². The van der Waals surface area contributed by atoms with Gasteiger partial charge in [-0.1, -0.05) is 6.92 Å². The van der Waals surface area contributed by atoms with Gasteiger partial charge in [0.15, 0.2) is 0 Å². The summed E-state index contributed by atoms with van der Waals surface area (Å²) in [6, 6.07) is 4.95. The average molecular weight is 332 g/mol. The Morgan fingerprint density at radius 3 is 2.71 bits per heavy atom. The maximum atomic E-state index is 12.4. The normalized spacial score (nSPS) is 13.1. The van der Waals surface area contributed by atoms with Crippen LogP contribution in [0.15, 0.2) is 23.1 Å². The number of sulfonamides is 1. The van der Waals surface area contributed by atoms with Crippen molar-refractivity contribution in [3.63, 3.8) is 0 Å². The van der Waals surface area contributed by atoms with Gasteiger partial charge in [0.05, 0.1) is 12.0 Å². The van der Waals surface area contributed by atoms with Crippen molar-refractivity contribution in [1.82, 2.24) is 4.72 Å². The molecule has 0 bridgehead atoms. The van der Waals surface area contributed by atoms with E-state index in [0.717, 1.165) is 6.42 Å². The van der Waals surface area contributed by atoms with Crippen LogP contribution in [0.4, 0.5) is 0 Å². The van der Waals surface area contributed by atoms with Gasteiger partial charge in [0.1, 0.15) is 5.75 Å². The van der Waals surface area contributed by atoms with Crippen molar-refractivity contribution in [2.24, 2.45) is 5.73 Å². The van der Waals surface area contributed by atoms with Crippen LogP contribution < -0.4 is 15.2 Å². The number of hydrogen-bond donors (Lipinski definition) is 2. The molecule has 0 fully saturated rings. The molecule has 7 heteroatoms. The summed E-state index contributed by atoms with van der Waals surface area (Å²) in [7, 11) is -1.96. The molecule has 0 aliphatic heterocycles. The SMILES string of the molecule is COc1ccc(S(=O)(=O)NCCC(C)SC)c(CCN)c1. The number of ether oxygens (including phenoxy) is 1. The Hall–Kier alpha value is -0.760. The van der Waals surface area contributed by atoms with Gasteiger partial charge < -0.3 is 10.5 Å². The first-order valence-electron chi connectivity index (χ1n) is 6.84. The molecular formula is C14H24N2O3S2. The van der Waals surface area contributed by atoms with E-state index < -0.39 is 10.0 Å². The summed E-state index contributed by atoms with van der Waals surface area (Å²) in [6.07, 6.45) is 3.30. The Morgan fingerprint density at radius 1 is 1.43 bits per heavy atom. The van der Waals surface area contributed by atoms with E-state index in [1.54, 1.807) is 37.1 Å². The van der Waals surface area contributed by atoms with E-state index >= 15 is 0 Å². The summed E-state index contributed by atoms with van der Waals surface area (Å²) in [6.45, 7) is 2.89. The van der Waals surface area contributed by atoms with Crippen LogP contribution in [0, 0.1) is 0 Å². The number of nitrogens with two attached hydrogens (primary N) is 1. The van der Waals surface area contributed by atoms with Crippen LogP contribution in [0.5, 0.6) is 5.75 Å². The minimum atomic E-state index is -3.51. The highest BCUT2D eigenvalue weighted by Crippen LogP contribution is 2.22. The fourth-order valence-corrected chi connectivity index (χ4v) is 3.54. The quantitative estimate of drug-likeness (QED) is 0.718. The molecule has 0 aromatic heterocycles. The highest BCUT2D eigenvalue weighted by Gasteiger charge is 2.18. The van der Waals surface area contributed by atoms with Crippen molar-refractivity contribution < 1.29 is 13.2 Å². The molecule has 0 aliphatic rings. The molecule has 1 aromatic rings. The minimum absolute atomic E-state index is 0.283. The van der Waals surface area contributed by atoms with Crippen molar-refractivity contribution in [2.45, 2.75) is 29.9 Å². The van der Waals surface area contributed by atoms with E-state index in [1.165, 1.54) is 0 Å². The van der Waals surface area contributed by atoms with E-state index in [-0.39, 0.29) is 4.90 Å². The zero-order valence-electron chi connectivity index (χ0n) is 12.8. The Morgan fingerprint density at radius 2 is 2.14 bits per heavy atom. The lowest BCUT2D eigenvalue weighted by Gasteiger charge is -2.13. The Balaban J connectivity index is 2.91. The van der Waals surface area contributed by atoms with Crippen LogP contribution in [-0.4, -0.2) is 40.1 Å². The van der Waals surface area contributed by atoms with Gasteiger partial charge in [-0.3, -0.25) is 0 Å². The average Bonchev–Trinajstić information content (AvgIpc) is 2.46. The maximum Gasteiger partial charge on any atom is 0.240 e. The van der Waals surface area contributed by atoms with Gasteiger partial charge in [-0.05, 0) is 49.4 Å². The largest absolute Gasteiger partial charge is 0.497 e. The van der Waals surface area contributed by atoms with Crippen molar-refractivity contribution in [3.05, 3.63) is 23.8 Å². The van der Waals surface area contributed by atoms with Crippen molar-refractivity contribution in [1.29, 1.82) is 0 Å². The molecule has 1 atom stereocenters. The molecule has 3 N–H and O–H groups in total. The van der Waals surface area contributed by atoms with Crippen LogP contribution in [0.2, 0.25) is 0 Å². The highest BCUT2D eigenvalue weighted by molar-refractivity contribution is 7.99. The van der Waals surface area contributed by atoms with Crippen molar-refractivity contribution in [2.75, 3.05) is 26.5 Å². The summed E-state index contributed by atoms with van der Waals surface area (Å²) in [5, 5.41) is 0.423. The standard InChI is InChI=1S/C14H24N2O3S2/c1-11(20-3)7-9-16-21(17,18)14-5-4-13(19-2)10-12(14)6-8-15/h4-5,10-11,16H,6-9,15H2,1-3H3. The van der Waals surface area contributed by atoms with Crippen LogP contribution in [-0.2, 0) is 16.4 Å². The third kappa shape index (κ3) is 5.50. The van der Waals surface area contributed by atoms with Gasteiger partial charge in [-0.15, -0.1) is 0 Å². The van der Waals surface area contributed by atoms with E-state index in [1.807, 2.05) is 6.26 Å². The molecule has 0 heterocycles. The molecule has 0 aliphatic carbocycles. The number of nitrogens with one attached hydrogen (secondary N) is 1. The second kappa shape index (κ2) is 8.63. The lowest BCUT2D eigenvalue weighted by Crippen LogP contribution is -2.27. The summed E-state index contributed by atoms with van der Waals surface area (Å²) < 4.78 is 32.6. The lowest BCUT2D eigenvalue weighted by molar-refractivity contribution is 0.413. The molecule has 0 radical (unpaired) electrons.